The second kappa shape index (κ2) is 7.24. The first-order valence-electron chi connectivity index (χ1n) is 5.92. The van der Waals surface area contributed by atoms with Crippen molar-refractivity contribution in [3.63, 3.8) is 0 Å². The highest BCUT2D eigenvalue weighted by molar-refractivity contribution is 7.60. The zero-order chi connectivity index (χ0) is 14.3. The lowest BCUT2D eigenvalue weighted by molar-refractivity contribution is 0.103. The first-order valence-corrected chi connectivity index (χ1v) is 7.47. The number of Topliss-reactive ketones (excluding diaryl/α,β-unsaturated/α-hetero) is 1. The molecule has 0 saturated carbocycles. The summed E-state index contributed by atoms with van der Waals surface area (Å²) in [5.41, 5.74) is 0.308. The largest absolute Gasteiger partial charge is 0.514 e. The summed E-state index contributed by atoms with van der Waals surface area (Å²) in [5, 5.41) is 8.87. The minimum atomic E-state index is -3.79. The molecular formula is C13H17O5P. The smallest absolute Gasteiger partial charge is 0.368 e. The van der Waals surface area contributed by atoms with Crippen LogP contribution in [0.3, 0.4) is 0 Å². The first-order chi connectivity index (χ1) is 9.09. The van der Waals surface area contributed by atoms with E-state index in [-0.39, 0.29) is 18.5 Å². The van der Waals surface area contributed by atoms with Gasteiger partial charge in [-0.25, -0.2) is 0 Å². The van der Waals surface area contributed by atoms with Gasteiger partial charge in [0.05, 0.1) is 19.5 Å². The van der Waals surface area contributed by atoms with Gasteiger partial charge in [-0.15, -0.1) is 0 Å². The number of hydrogen-bond acceptors (Lipinski definition) is 5. The van der Waals surface area contributed by atoms with Crippen LogP contribution in [0.5, 0.6) is 0 Å². The number of allylic oxidation sites excluding steroid dienone is 1. The Balaban J connectivity index is 3.13. The van der Waals surface area contributed by atoms with Crippen molar-refractivity contribution in [1.29, 1.82) is 0 Å². The lowest BCUT2D eigenvalue weighted by Crippen LogP contribution is -2.08. The molecule has 0 heterocycles. The predicted molar refractivity (Wildman–Crippen MR) is 72.3 cm³/mol. The van der Waals surface area contributed by atoms with Gasteiger partial charge in [-0.05, 0) is 13.8 Å². The molecule has 104 valence electrons. The fourth-order valence-electron chi connectivity index (χ4n) is 1.51. The average Bonchev–Trinajstić information content (AvgIpc) is 2.40. The van der Waals surface area contributed by atoms with E-state index in [2.05, 4.69) is 0 Å². The van der Waals surface area contributed by atoms with Crippen LogP contribution in [0.25, 0.3) is 0 Å². The van der Waals surface area contributed by atoms with Crippen LogP contribution < -0.4 is 0 Å². The summed E-state index contributed by atoms with van der Waals surface area (Å²) in [7, 11) is -3.79. The van der Waals surface area contributed by atoms with Crippen molar-refractivity contribution in [1.82, 2.24) is 0 Å². The van der Waals surface area contributed by atoms with Gasteiger partial charge in [-0.2, -0.15) is 0 Å². The minimum Gasteiger partial charge on any atom is -0.514 e. The summed E-state index contributed by atoms with van der Waals surface area (Å²) in [6, 6.07) is 8.23. The third kappa shape index (κ3) is 3.77. The summed E-state index contributed by atoms with van der Waals surface area (Å²) in [6.45, 7) is 3.48. The highest BCUT2D eigenvalue weighted by Gasteiger charge is 2.35. The van der Waals surface area contributed by atoms with Crippen LogP contribution in [-0.2, 0) is 13.6 Å². The summed E-state index contributed by atoms with van der Waals surface area (Å²) < 4.78 is 22.6. The number of hydrogen-bond donors (Lipinski definition) is 1. The van der Waals surface area contributed by atoms with Crippen molar-refractivity contribution < 1.29 is 23.5 Å². The van der Waals surface area contributed by atoms with Crippen molar-refractivity contribution in [2.24, 2.45) is 0 Å². The van der Waals surface area contributed by atoms with Crippen molar-refractivity contribution in [3.05, 3.63) is 47.5 Å². The Labute approximate surface area is 112 Å². The van der Waals surface area contributed by atoms with Gasteiger partial charge in [0.1, 0.15) is 5.31 Å². The third-order valence-electron chi connectivity index (χ3n) is 2.28. The molecule has 1 aromatic carbocycles. The SMILES string of the molecule is CCOP(=O)(OCC)C(=CO)C(=O)c1ccccc1. The molecule has 0 radical (unpaired) electrons. The molecule has 1 N–H and O–H groups in total. The highest BCUT2D eigenvalue weighted by Crippen LogP contribution is 2.56. The van der Waals surface area contributed by atoms with E-state index >= 15 is 0 Å². The van der Waals surface area contributed by atoms with Gasteiger partial charge < -0.3 is 14.2 Å². The molecule has 0 aromatic heterocycles. The van der Waals surface area contributed by atoms with E-state index in [0.29, 0.717) is 11.8 Å². The van der Waals surface area contributed by atoms with Gasteiger partial charge in [-0.1, -0.05) is 30.3 Å². The average molecular weight is 284 g/mol. The molecule has 19 heavy (non-hydrogen) atoms. The van der Waals surface area contributed by atoms with Gasteiger partial charge in [0.25, 0.3) is 0 Å². The summed E-state index contributed by atoms with van der Waals surface area (Å²) in [4.78, 5) is 12.2. The van der Waals surface area contributed by atoms with Crippen LogP contribution >= 0.6 is 7.60 Å². The van der Waals surface area contributed by atoms with E-state index < -0.39 is 13.4 Å². The summed E-state index contributed by atoms with van der Waals surface area (Å²) in [6.07, 6.45) is 0.501. The second-order valence-corrected chi connectivity index (χ2v) is 5.54. The van der Waals surface area contributed by atoms with E-state index in [4.69, 9.17) is 9.05 Å². The molecule has 1 rings (SSSR count). The van der Waals surface area contributed by atoms with Gasteiger partial charge in [0.15, 0.2) is 0 Å². The number of carbonyl (C=O) groups excluding carboxylic acids is 1. The molecule has 0 bridgehead atoms. The topological polar surface area (TPSA) is 72.8 Å². The van der Waals surface area contributed by atoms with Crippen molar-refractivity contribution in [2.75, 3.05) is 13.2 Å². The number of benzene rings is 1. The van der Waals surface area contributed by atoms with Gasteiger partial charge in [0.2, 0.25) is 5.78 Å². The number of ketones is 1. The fourth-order valence-corrected chi connectivity index (χ4v) is 3.06. The fraction of sp³-hybridized carbons (Fsp3) is 0.308. The molecule has 1 aromatic rings. The molecule has 6 heteroatoms. The Morgan fingerprint density at radius 3 is 2.16 bits per heavy atom. The molecule has 0 spiro atoms. The van der Waals surface area contributed by atoms with E-state index in [1.165, 1.54) is 0 Å². The Morgan fingerprint density at radius 2 is 1.74 bits per heavy atom. The summed E-state index contributed by atoms with van der Waals surface area (Å²) in [5.74, 6) is -0.576. The maximum absolute atomic E-state index is 12.5. The third-order valence-corrected chi connectivity index (χ3v) is 4.39. The van der Waals surface area contributed by atoms with Crippen LogP contribution in [0.15, 0.2) is 41.9 Å². The molecule has 0 aliphatic carbocycles. The molecule has 0 unspecified atom stereocenters. The Bertz CT molecular complexity index is 485. The van der Waals surface area contributed by atoms with Crippen LogP contribution in [0, 0.1) is 0 Å². The first kappa shape index (κ1) is 15.6. The lowest BCUT2D eigenvalue weighted by atomic mass is 10.1. The Morgan fingerprint density at radius 1 is 1.21 bits per heavy atom. The predicted octanol–water partition coefficient (Wildman–Crippen LogP) is 3.53. The van der Waals surface area contributed by atoms with E-state index in [0.717, 1.165) is 0 Å². The quantitative estimate of drug-likeness (QED) is 0.359. The van der Waals surface area contributed by atoms with Crippen molar-refractivity contribution in [3.8, 4) is 0 Å². The molecule has 0 aliphatic rings. The van der Waals surface area contributed by atoms with E-state index in [1.54, 1.807) is 44.2 Å². The normalized spacial score (nSPS) is 12.4. The van der Waals surface area contributed by atoms with E-state index in [9.17, 15) is 14.5 Å². The zero-order valence-electron chi connectivity index (χ0n) is 10.9. The standard InChI is InChI=1S/C13H17O5P/c1-3-17-19(16,18-4-2)12(10-14)13(15)11-8-6-5-7-9-11/h5-10,14H,3-4H2,1-2H3. The summed E-state index contributed by atoms with van der Waals surface area (Å²) >= 11 is 0. The molecule has 0 fully saturated rings. The van der Waals surface area contributed by atoms with Crippen LogP contribution in [-0.4, -0.2) is 24.1 Å². The number of aliphatic hydroxyl groups excluding tert-OH is 1. The molecular weight excluding hydrogens is 267 g/mol. The van der Waals surface area contributed by atoms with Crippen LogP contribution in [0.1, 0.15) is 24.2 Å². The van der Waals surface area contributed by atoms with Crippen LogP contribution in [0.2, 0.25) is 0 Å². The second-order valence-electron chi connectivity index (χ2n) is 3.54. The Hall–Kier alpha value is -1.42. The molecule has 0 amide bonds. The van der Waals surface area contributed by atoms with Crippen molar-refractivity contribution in [2.45, 2.75) is 13.8 Å². The Kier molecular flexibility index (Phi) is 5.96. The number of carbonyl (C=O) groups is 1. The van der Waals surface area contributed by atoms with Gasteiger partial charge in [0, 0.05) is 5.56 Å². The molecule has 5 nitrogen and oxygen atoms in total. The molecule has 0 saturated heterocycles. The van der Waals surface area contributed by atoms with E-state index in [1.807, 2.05) is 0 Å². The number of aliphatic hydroxyl groups is 1. The maximum atomic E-state index is 12.5. The highest BCUT2D eigenvalue weighted by atomic mass is 31.2. The van der Waals surface area contributed by atoms with Crippen LogP contribution in [0.4, 0.5) is 0 Å². The molecule has 0 aliphatic heterocycles. The van der Waals surface area contributed by atoms with Gasteiger partial charge >= 0.3 is 7.60 Å². The molecule has 0 atom stereocenters. The van der Waals surface area contributed by atoms with Crippen molar-refractivity contribution >= 4 is 13.4 Å². The monoisotopic (exact) mass is 284 g/mol. The van der Waals surface area contributed by atoms with Gasteiger partial charge in [-0.3, -0.25) is 9.36 Å². The lowest BCUT2D eigenvalue weighted by Gasteiger charge is -2.18. The zero-order valence-corrected chi connectivity index (χ0v) is 11.8. The maximum Gasteiger partial charge on any atom is 0.368 e. The number of rotatable bonds is 7. The minimum absolute atomic E-state index is 0.108.